The Morgan fingerprint density at radius 1 is 1.22 bits per heavy atom. The molecule has 18 heavy (non-hydrogen) atoms. The summed E-state index contributed by atoms with van der Waals surface area (Å²) in [7, 11) is 2.10. The molecular formula is C15H20ClNO. The first kappa shape index (κ1) is 13.4. The van der Waals surface area contributed by atoms with Gasteiger partial charge in [-0.05, 0) is 38.0 Å². The van der Waals surface area contributed by atoms with Gasteiger partial charge < -0.3 is 4.90 Å². The summed E-state index contributed by atoms with van der Waals surface area (Å²) in [6.45, 7) is 1.58. The van der Waals surface area contributed by atoms with Crippen LogP contribution in [-0.4, -0.2) is 18.9 Å². The van der Waals surface area contributed by atoms with Crippen LogP contribution in [0.25, 0.3) is 0 Å². The molecule has 0 aromatic heterocycles. The molecule has 2 rings (SSSR count). The zero-order chi connectivity index (χ0) is 13.1. The van der Waals surface area contributed by atoms with E-state index >= 15 is 0 Å². The van der Waals surface area contributed by atoms with Gasteiger partial charge in [0.1, 0.15) is 0 Å². The minimum absolute atomic E-state index is 0.0656. The Balaban J connectivity index is 2.23. The molecule has 1 aromatic carbocycles. The van der Waals surface area contributed by atoms with E-state index in [0.29, 0.717) is 16.6 Å². The van der Waals surface area contributed by atoms with Gasteiger partial charge in [-0.3, -0.25) is 4.79 Å². The molecule has 0 spiro atoms. The molecule has 0 aliphatic heterocycles. The second kappa shape index (κ2) is 5.75. The predicted octanol–water partition coefficient (Wildman–Crippen LogP) is 4.31. The number of hydrogen-bond acceptors (Lipinski definition) is 2. The molecule has 1 fully saturated rings. The molecule has 1 saturated carbocycles. The van der Waals surface area contributed by atoms with E-state index in [2.05, 4.69) is 11.9 Å². The molecule has 0 radical (unpaired) electrons. The van der Waals surface area contributed by atoms with E-state index < -0.39 is 0 Å². The Labute approximate surface area is 114 Å². The van der Waals surface area contributed by atoms with E-state index in [0.717, 1.165) is 5.69 Å². The number of ketones is 1. The normalized spacial score (nSPS) is 16.6. The Bertz CT molecular complexity index is 438. The summed E-state index contributed by atoms with van der Waals surface area (Å²) in [5, 5.41) is 0.639. The minimum atomic E-state index is 0.0656. The lowest BCUT2D eigenvalue weighted by Gasteiger charge is -2.33. The standard InChI is InChI=1S/C15H20ClNO/c1-11(18)12-8-13(16)10-15(9-12)17(2)14-6-4-3-5-7-14/h8-10,14H,3-7H2,1-2H3. The third kappa shape index (κ3) is 3.05. The number of Topliss-reactive ketones (excluding diaryl/α,β-unsaturated/α-hetero) is 1. The van der Waals surface area contributed by atoms with E-state index in [9.17, 15) is 4.79 Å². The highest BCUT2D eigenvalue weighted by atomic mass is 35.5. The maximum Gasteiger partial charge on any atom is 0.159 e. The summed E-state index contributed by atoms with van der Waals surface area (Å²) in [6, 6.07) is 6.21. The van der Waals surface area contributed by atoms with Crippen molar-refractivity contribution in [3.8, 4) is 0 Å². The predicted molar refractivity (Wildman–Crippen MR) is 76.7 cm³/mol. The van der Waals surface area contributed by atoms with Gasteiger partial charge in [-0.15, -0.1) is 0 Å². The molecule has 0 atom stereocenters. The second-order valence-electron chi connectivity index (χ2n) is 5.16. The first-order chi connectivity index (χ1) is 8.58. The van der Waals surface area contributed by atoms with E-state index in [1.54, 1.807) is 13.0 Å². The average molecular weight is 266 g/mol. The SMILES string of the molecule is CC(=O)c1cc(Cl)cc(N(C)C2CCCCC2)c1. The molecule has 1 aliphatic rings. The van der Waals surface area contributed by atoms with Crippen LogP contribution in [0.1, 0.15) is 49.4 Å². The molecule has 1 aromatic rings. The lowest BCUT2D eigenvalue weighted by molar-refractivity contribution is 0.101. The second-order valence-corrected chi connectivity index (χ2v) is 5.59. The molecule has 98 valence electrons. The fourth-order valence-electron chi connectivity index (χ4n) is 2.66. The maximum atomic E-state index is 11.5. The molecular weight excluding hydrogens is 246 g/mol. The van der Waals surface area contributed by atoms with Crippen molar-refractivity contribution in [2.24, 2.45) is 0 Å². The summed E-state index contributed by atoms with van der Waals surface area (Å²) in [5.41, 5.74) is 1.75. The van der Waals surface area contributed by atoms with Gasteiger partial charge in [-0.1, -0.05) is 30.9 Å². The fourth-order valence-corrected chi connectivity index (χ4v) is 2.89. The zero-order valence-corrected chi connectivity index (χ0v) is 11.8. The average Bonchev–Trinajstić information content (AvgIpc) is 2.38. The van der Waals surface area contributed by atoms with Crippen LogP contribution >= 0.6 is 11.6 Å². The first-order valence-corrected chi connectivity index (χ1v) is 7.00. The lowest BCUT2D eigenvalue weighted by atomic mass is 9.94. The number of carbonyl (C=O) groups excluding carboxylic acids is 1. The molecule has 0 amide bonds. The van der Waals surface area contributed by atoms with Gasteiger partial charge in [-0.25, -0.2) is 0 Å². The number of carbonyl (C=O) groups is 1. The molecule has 0 bridgehead atoms. The zero-order valence-electron chi connectivity index (χ0n) is 11.1. The maximum absolute atomic E-state index is 11.5. The van der Waals surface area contributed by atoms with Crippen LogP contribution < -0.4 is 4.90 Å². The summed E-state index contributed by atoms with van der Waals surface area (Å²) in [4.78, 5) is 13.7. The number of halogens is 1. The topological polar surface area (TPSA) is 20.3 Å². The highest BCUT2D eigenvalue weighted by molar-refractivity contribution is 6.31. The number of hydrogen-bond donors (Lipinski definition) is 0. The van der Waals surface area contributed by atoms with Gasteiger partial charge in [0.2, 0.25) is 0 Å². The Kier molecular flexibility index (Phi) is 4.28. The number of rotatable bonds is 3. The van der Waals surface area contributed by atoms with Crippen LogP contribution in [0.3, 0.4) is 0 Å². The van der Waals surface area contributed by atoms with Crippen molar-refractivity contribution in [3.05, 3.63) is 28.8 Å². The van der Waals surface area contributed by atoms with E-state index in [-0.39, 0.29) is 5.78 Å². The fraction of sp³-hybridized carbons (Fsp3) is 0.533. The van der Waals surface area contributed by atoms with E-state index in [1.807, 2.05) is 12.1 Å². The molecule has 0 N–H and O–H groups in total. The minimum Gasteiger partial charge on any atom is -0.372 e. The van der Waals surface area contributed by atoms with Crippen LogP contribution in [0, 0.1) is 0 Å². The van der Waals surface area contributed by atoms with Gasteiger partial charge in [0.05, 0.1) is 0 Å². The smallest absolute Gasteiger partial charge is 0.159 e. The highest BCUT2D eigenvalue weighted by Gasteiger charge is 2.19. The Morgan fingerprint density at radius 3 is 2.50 bits per heavy atom. The summed E-state index contributed by atoms with van der Waals surface area (Å²) in [6.07, 6.45) is 6.42. The quantitative estimate of drug-likeness (QED) is 0.759. The van der Waals surface area contributed by atoms with Gasteiger partial charge in [0.25, 0.3) is 0 Å². The first-order valence-electron chi connectivity index (χ1n) is 6.62. The van der Waals surface area contributed by atoms with Crippen molar-refractivity contribution in [3.63, 3.8) is 0 Å². The Morgan fingerprint density at radius 2 is 1.89 bits per heavy atom. The molecule has 0 unspecified atom stereocenters. The van der Waals surface area contributed by atoms with Crippen LogP contribution in [0.5, 0.6) is 0 Å². The lowest BCUT2D eigenvalue weighted by Crippen LogP contribution is -2.33. The molecule has 0 heterocycles. The van der Waals surface area contributed by atoms with Crippen LogP contribution in [0.15, 0.2) is 18.2 Å². The molecule has 2 nitrogen and oxygen atoms in total. The molecule has 1 aliphatic carbocycles. The van der Waals surface area contributed by atoms with Crippen molar-refractivity contribution < 1.29 is 4.79 Å². The number of anilines is 1. The third-order valence-corrected chi connectivity index (χ3v) is 4.04. The van der Waals surface area contributed by atoms with Crippen LogP contribution in [0.4, 0.5) is 5.69 Å². The van der Waals surface area contributed by atoms with Gasteiger partial charge in [-0.2, -0.15) is 0 Å². The van der Waals surface area contributed by atoms with Gasteiger partial charge in [0, 0.05) is 29.4 Å². The monoisotopic (exact) mass is 265 g/mol. The summed E-state index contributed by atoms with van der Waals surface area (Å²) < 4.78 is 0. The number of nitrogens with zero attached hydrogens (tertiary/aromatic N) is 1. The van der Waals surface area contributed by atoms with E-state index in [1.165, 1.54) is 32.1 Å². The van der Waals surface area contributed by atoms with Gasteiger partial charge in [0.15, 0.2) is 5.78 Å². The summed E-state index contributed by atoms with van der Waals surface area (Å²) >= 11 is 6.10. The largest absolute Gasteiger partial charge is 0.372 e. The van der Waals surface area contributed by atoms with Crippen LogP contribution in [0.2, 0.25) is 5.02 Å². The van der Waals surface area contributed by atoms with E-state index in [4.69, 9.17) is 11.6 Å². The van der Waals surface area contributed by atoms with Crippen LogP contribution in [-0.2, 0) is 0 Å². The summed E-state index contributed by atoms with van der Waals surface area (Å²) in [5.74, 6) is 0.0656. The molecule has 0 saturated heterocycles. The van der Waals surface area contributed by atoms with Gasteiger partial charge >= 0.3 is 0 Å². The van der Waals surface area contributed by atoms with Crippen molar-refractivity contribution in [1.29, 1.82) is 0 Å². The Hall–Kier alpha value is -1.02. The highest BCUT2D eigenvalue weighted by Crippen LogP contribution is 2.28. The third-order valence-electron chi connectivity index (χ3n) is 3.82. The molecule has 3 heteroatoms. The van der Waals surface area contributed by atoms with Crippen molar-refractivity contribution >= 4 is 23.1 Å². The number of benzene rings is 1. The van der Waals surface area contributed by atoms with Crippen molar-refractivity contribution in [1.82, 2.24) is 0 Å². The van der Waals surface area contributed by atoms with Crippen molar-refractivity contribution in [2.75, 3.05) is 11.9 Å². The van der Waals surface area contributed by atoms with Crippen molar-refractivity contribution in [2.45, 2.75) is 45.1 Å².